The molecular weight excluding hydrogens is 302 g/mol. The number of nitrogens with two attached hydrogens (primary N) is 1. The second-order valence-corrected chi connectivity index (χ2v) is 6.51. The summed E-state index contributed by atoms with van der Waals surface area (Å²) in [7, 11) is 0. The average Bonchev–Trinajstić information content (AvgIpc) is 3.08. The maximum Gasteiger partial charge on any atom is 0.188 e. The lowest BCUT2D eigenvalue weighted by Crippen LogP contribution is -2.34. The van der Waals surface area contributed by atoms with Crippen LogP contribution in [-0.2, 0) is 0 Å². The summed E-state index contributed by atoms with van der Waals surface area (Å²) >= 11 is 3.46. The normalized spacial score (nSPS) is 22.6. The predicted octanol–water partition coefficient (Wildman–Crippen LogP) is 3.26. The Labute approximate surface area is 123 Å². The minimum Gasteiger partial charge on any atom is -0.370 e. The Hall–Kier alpha value is -1.03. The Bertz CT molecular complexity index is 439. The molecule has 0 bridgehead atoms. The summed E-state index contributed by atoms with van der Waals surface area (Å²) in [5.74, 6) is 1.84. The van der Waals surface area contributed by atoms with Gasteiger partial charge in [0.2, 0.25) is 0 Å². The van der Waals surface area contributed by atoms with Crippen LogP contribution in [0.5, 0.6) is 0 Å². The summed E-state index contributed by atoms with van der Waals surface area (Å²) in [6, 6.07) is 8.96. The van der Waals surface area contributed by atoms with Crippen LogP contribution in [-0.4, -0.2) is 18.5 Å². The van der Waals surface area contributed by atoms with Crippen molar-refractivity contribution in [1.29, 1.82) is 0 Å². The van der Waals surface area contributed by atoms with Gasteiger partial charge < -0.3 is 11.1 Å². The topological polar surface area (TPSA) is 50.4 Å². The van der Waals surface area contributed by atoms with Gasteiger partial charge in [-0.1, -0.05) is 41.9 Å². The van der Waals surface area contributed by atoms with Gasteiger partial charge in [0, 0.05) is 23.0 Å². The van der Waals surface area contributed by atoms with E-state index in [0.717, 1.165) is 23.9 Å². The van der Waals surface area contributed by atoms with Gasteiger partial charge in [0.25, 0.3) is 0 Å². The van der Waals surface area contributed by atoms with Crippen LogP contribution >= 0.6 is 15.9 Å². The van der Waals surface area contributed by atoms with Gasteiger partial charge in [0.05, 0.1) is 0 Å². The highest BCUT2D eigenvalue weighted by atomic mass is 79.9. The van der Waals surface area contributed by atoms with E-state index in [-0.39, 0.29) is 0 Å². The molecule has 0 amide bonds. The van der Waals surface area contributed by atoms with E-state index in [1.54, 1.807) is 0 Å². The van der Waals surface area contributed by atoms with Crippen LogP contribution in [0.1, 0.15) is 38.2 Å². The Balaban J connectivity index is 1.78. The molecule has 0 saturated heterocycles. The third-order valence-electron chi connectivity index (χ3n) is 3.41. The number of rotatable bonds is 5. The number of nitrogens with zero attached hydrogens (tertiary/aromatic N) is 1. The molecule has 1 aromatic rings. The number of hydrogen-bond donors (Lipinski definition) is 2. The Kier molecular flexibility index (Phi) is 4.86. The lowest BCUT2D eigenvalue weighted by molar-refractivity contribution is 0.595. The fourth-order valence-corrected chi connectivity index (χ4v) is 2.38. The van der Waals surface area contributed by atoms with Crippen LogP contribution in [0, 0.1) is 5.92 Å². The van der Waals surface area contributed by atoms with Crippen molar-refractivity contribution in [3.8, 4) is 0 Å². The molecule has 1 aromatic carbocycles. The second kappa shape index (κ2) is 6.42. The first kappa shape index (κ1) is 14.4. The molecule has 19 heavy (non-hydrogen) atoms. The zero-order valence-corrected chi connectivity index (χ0v) is 13.2. The van der Waals surface area contributed by atoms with Crippen molar-refractivity contribution in [3.05, 3.63) is 34.3 Å². The maximum absolute atomic E-state index is 5.90. The summed E-state index contributed by atoms with van der Waals surface area (Å²) in [5.41, 5.74) is 7.27. The van der Waals surface area contributed by atoms with E-state index in [2.05, 4.69) is 64.4 Å². The standard InChI is InChI=1S/C15H22BrN3/c1-10(2)7-8-18-15(17)19-14-9-13(14)11-3-5-12(16)6-4-11/h3-6,10,13-14H,7-9H2,1-2H3,(H3,17,18,19). The number of nitrogens with one attached hydrogen (secondary N) is 1. The monoisotopic (exact) mass is 323 g/mol. The molecule has 2 rings (SSSR count). The van der Waals surface area contributed by atoms with Gasteiger partial charge in [-0.25, -0.2) is 0 Å². The Morgan fingerprint density at radius 1 is 1.42 bits per heavy atom. The first-order valence-corrected chi connectivity index (χ1v) is 7.67. The van der Waals surface area contributed by atoms with Crippen LogP contribution in [0.25, 0.3) is 0 Å². The van der Waals surface area contributed by atoms with Crippen molar-refractivity contribution in [1.82, 2.24) is 5.32 Å². The molecule has 3 N–H and O–H groups in total. The number of guanidine groups is 1. The lowest BCUT2D eigenvalue weighted by atomic mass is 10.1. The summed E-state index contributed by atoms with van der Waals surface area (Å²) < 4.78 is 1.12. The summed E-state index contributed by atoms with van der Waals surface area (Å²) in [6.45, 7) is 5.21. The van der Waals surface area contributed by atoms with Gasteiger partial charge in [0.1, 0.15) is 0 Å². The minimum atomic E-state index is 0.448. The van der Waals surface area contributed by atoms with Crippen molar-refractivity contribution < 1.29 is 0 Å². The van der Waals surface area contributed by atoms with Crippen LogP contribution in [0.15, 0.2) is 33.7 Å². The molecule has 104 valence electrons. The summed E-state index contributed by atoms with van der Waals surface area (Å²) in [5, 5.41) is 3.31. The van der Waals surface area contributed by atoms with Gasteiger partial charge in [-0.2, -0.15) is 0 Å². The molecule has 0 aliphatic heterocycles. The third kappa shape index (κ3) is 4.53. The van der Waals surface area contributed by atoms with Crippen LogP contribution in [0.2, 0.25) is 0 Å². The third-order valence-corrected chi connectivity index (χ3v) is 3.94. The van der Waals surface area contributed by atoms with E-state index in [1.807, 2.05) is 0 Å². The van der Waals surface area contributed by atoms with Crippen LogP contribution < -0.4 is 11.1 Å². The molecule has 2 unspecified atom stereocenters. The highest BCUT2D eigenvalue weighted by Crippen LogP contribution is 2.40. The average molecular weight is 324 g/mol. The van der Waals surface area contributed by atoms with Crippen molar-refractivity contribution in [2.45, 2.75) is 38.6 Å². The molecule has 1 aliphatic rings. The first-order chi connectivity index (χ1) is 9.06. The van der Waals surface area contributed by atoms with Gasteiger partial charge >= 0.3 is 0 Å². The van der Waals surface area contributed by atoms with Crippen molar-refractivity contribution in [2.75, 3.05) is 6.54 Å². The number of benzene rings is 1. The van der Waals surface area contributed by atoms with Crippen LogP contribution in [0.3, 0.4) is 0 Å². The summed E-state index contributed by atoms with van der Waals surface area (Å²) in [4.78, 5) is 4.36. The van der Waals surface area contributed by atoms with Crippen molar-refractivity contribution in [2.24, 2.45) is 16.6 Å². The molecule has 0 heterocycles. The van der Waals surface area contributed by atoms with Gasteiger partial charge in [-0.15, -0.1) is 0 Å². The quantitative estimate of drug-likeness (QED) is 0.645. The molecule has 1 aliphatic carbocycles. The van der Waals surface area contributed by atoms with E-state index < -0.39 is 0 Å². The number of hydrogen-bond acceptors (Lipinski definition) is 1. The lowest BCUT2D eigenvalue weighted by Gasteiger charge is -2.06. The molecule has 0 spiro atoms. The first-order valence-electron chi connectivity index (χ1n) is 6.88. The molecule has 4 heteroatoms. The molecule has 3 nitrogen and oxygen atoms in total. The smallest absolute Gasteiger partial charge is 0.188 e. The summed E-state index contributed by atoms with van der Waals surface area (Å²) in [6.07, 6.45) is 2.23. The van der Waals surface area contributed by atoms with Gasteiger partial charge in [0.15, 0.2) is 5.96 Å². The van der Waals surface area contributed by atoms with Crippen LogP contribution in [0.4, 0.5) is 0 Å². The molecule has 2 atom stereocenters. The maximum atomic E-state index is 5.90. The molecule has 1 saturated carbocycles. The Morgan fingerprint density at radius 3 is 2.74 bits per heavy atom. The fourth-order valence-electron chi connectivity index (χ4n) is 2.11. The van der Waals surface area contributed by atoms with E-state index >= 15 is 0 Å². The number of aliphatic imine (C=N–C) groups is 1. The highest BCUT2D eigenvalue weighted by molar-refractivity contribution is 9.10. The molecule has 0 radical (unpaired) electrons. The molecule has 1 fully saturated rings. The SMILES string of the molecule is CC(C)CCN=C(N)NC1CC1c1ccc(Br)cc1. The minimum absolute atomic E-state index is 0.448. The van der Waals surface area contributed by atoms with Gasteiger partial charge in [-0.05, 0) is 36.5 Å². The van der Waals surface area contributed by atoms with Crippen molar-refractivity contribution >= 4 is 21.9 Å². The highest BCUT2D eigenvalue weighted by Gasteiger charge is 2.38. The van der Waals surface area contributed by atoms with E-state index in [0.29, 0.717) is 23.8 Å². The largest absolute Gasteiger partial charge is 0.370 e. The van der Waals surface area contributed by atoms with Gasteiger partial charge in [-0.3, -0.25) is 4.99 Å². The second-order valence-electron chi connectivity index (χ2n) is 5.59. The Morgan fingerprint density at radius 2 is 2.11 bits per heavy atom. The van der Waals surface area contributed by atoms with E-state index in [9.17, 15) is 0 Å². The fraction of sp³-hybridized carbons (Fsp3) is 0.533. The van der Waals surface area contributed by atoms with Crippen molar-refractivity contribution in [3.63, 3.8) is 0 Å². The zero-order chi connectivity index (χ0) is 13.8. The number of halogens is 1. The van der Waals surface area contributed by atoms with E-state index in [1.165, 1.54) is 5.56 Å². The van der Waals surface area contributed by atoms with E-state index in [4.69, 9.17) is 5.73 Å². The molecule has 0 aromatic heterocycles. The molecular formula is C15H22BrN3. The zero-order valence-electron chi connectivity index (χ0n) is 11.6. The predicted molar refractivity (Wildman–Crippen MR) is 84.4 cm³/mol.